The monoisotopic (exact) mass is 466 g/mol. The number of carbonyl (C=O) groups excluding carboxylic acids is 2. The van der Waals surface area contributed by atoms with Crippen molar-refractivity contribution in [3.8, 4) is 0 Å². The fourth-order valence-corrected chi connectivity index (χ4v) is 4.48. The van der Waals surface area contributed by atoms with E-state index in [0.717, 1.165) is 11.3 Å². The summed E-state index contributed by atoms with van der Waals surface area (Å²) >= 11 is 14.2. The van der Waals surface area contributed by atoms with E-state index >= 15 is 0 Å². The molecule has 7 heteroatoms. The quantitative estimate of drug-likeness (QED) is 0.504. The Kier molecular flexibility index (Phi) is 10.0. The Labute approximate surface area is 193 Å². The third-order valence-corrected chi connectivity index (χ3v) is 6.44. The molecule has 4 nitrogen and oxygen atoms in total. The Morgan fingerprint density at radius 1 is 1.07 bits per heavy atom. The van der Waals surface area contributed by atoms with E-state index in [1.54, 1.807) is 23.1 Å². The van der Waals surface area contributed by atoms with Crippen LogP contribution < -0.4 is 5.32 Å². The summed E-state index contributed by atoms with van der Waals surface area (Å²) in [5.41, 5.74) is 3.02. The Morgan fingerprint density at radius 2 is 1.70 bits per heavy atom. The van der Waals surface area contributed by atoms with Crippen LogP contribution in [0.3, 0.4) is 0 Å². The number of halogens is 2. The molecule has 0 aromatic heterocycles. The predicted octanol–water partition coefficient (Wildman–Crippen LogP) is 5.48. The number of thioether (sulfide) groups is 1. The van der Waals surface area contributed by atoms with E-state index in [0.29, 0.717) is 28.6 Å². The van der Waals surface area contributed by atoms with Crippen LogP contribution in [-0.4, -0.2) is 35.1 Å². The second kappa shape index (κ2) is 12.2. The molecule has 0 fully saturated rings. The normalized spacial score (nSPS) is 11.8. The summed E-state index contributed by atoms with van der Waals surface area (Å²) in [6.45, 7) is 6.50. The molecule has 30 heavy (non-hydrogen) atoms. The number of nitrogens with zero attached hydrogens (tertiary/aromatic N) is 1. The van der Waals surface area contributed by atoms with Gasteiger partial charge in [0.25, 0.3) is 0 Å². The van der Waals surface area contributed by atoms with E-state index in [4.69, 9.17) is 23.2 Å². The molecule has 2 aromatic rings. The largest absolute Gasteiger partial charge is 0.355 e. The van der Waals surface area contributed by atoms with Crippen LogP contribution in [0.5, 0.6) is 0 Å². The predicted molar refractivity (Wildman–Crippen MR) is 127 cm³/mol. The third-order valence-electron chi connectivity index (χ3n) is 4.74. The number of hydrogen-bond donors (Lipinski definition) is 1. The Bertz CT molecular complexity index is 839. The molecule has 1 N–H and O–H groups in total. The van der Waals surface area contributed by atoms with Gasteiger partial charge in [-0.1, -0.05) is 66.0 Å². The van der Waals surface area contributed by atoms with Crippen LogP contribution in [0.25, 0.3) is 0 Å². The zero-order chi connectivity index (χ0) is 22.1. The molecular formula is C23H28Cl2N2O2S. The number of benzene rings is 2. The molecule has 0 unspecified atom stereocenters. The van der Waals surface area contributed by atoms with E-state index in [1.165, 1.54) is 17.3 Å². The standard InChI is InChI=1S/C23H28Cl2N2O2S/c1-4-21(23(29)26-5-2)27(13-18-19(24)7-6-8-20(18)25)22(28)15-30-14-17-11-9-16(3)10-12-17/h6-12,21H,4-5,13-15H2,1-3H3,(H,26,29)/t21-/m1/s1. The van der Waals surface area contributed by atoms with Crippen LogP contribution in [-0.2, 0) is 21.9 Å². The van der Waals surface area contributed by atoms with Gasteiger partial charge in [0.1, 0.15) is 6.04 Å². The van der Waals surface area contributed by atoms with Crippen LogP contribution in [0.1, 0.15) is 37.0 Å². The van der Waals surface area contributed by atoms with Crippen LogP contribution in [0.2, 0.25) is 10.0 Å². The molecular weight excluding hydrogens is 439 g/mol. The van der Waals surface area contributed by atoms with Crippen molar-refractivity contribution in [2.75, 3.05) is 12.3 Å². The van der Waals surface area contributed by atoms with Crippen molar-refractivity contribution in [1.29, 1.82) is 0 Å². The highest BCUT2D eigenvalue weighted by atomic mass is 35.5. The molecule has 1 atom stereocenters. The molecule has 0 spiro atoms. The molecule has 0 aliphatic heterocycles. The van der Waals surface area contributed by atoms with Crippen molar-refractivity contribution >= 4 is 46.8 Å². The van der Waals surface area contributed by atoms with Crippen LogP contribution in [0, 0.1) is 6.92 Å². The van der Waals surface area contributed by atoms with Gasteiger partial charge in [0.05, 0.1) is 5.75 Å². The lowest BCUT2D eigenvalue weighted by atomic mass is 10.1. The smallest absolute Gasteiger partial charge is 0.242 e. The summed E-state index contributed by atoms with van der Waals surface area (Å²) in [6, 6.07) is 12.9. The molecule has 0 saturated heterocycles. The minimum absolute atomic E-state index is 0.110. The molecule has 2 aromatic carbocycles. The first-order chi connectivity index (χ1) is 14.4. The molecule has 162 valence electrons. The fourth-order valence-electron chi connectivity index (χ4n) is 3.09. The summed E-state index contributed by atoms with van der Waals surface area (Å²) < 4.78 is 0. The molecule has 0 saturated carbocycles. The molecule has 0 radical (unpaired) electrons. The number of aryl methyl sites for hydroxylation is 1. The van der Waals surface area contributed by atoms with Gasteiger partial charge in [0.2, 0.25) is 11.8 Å². The first-order valence-electron chi connectivity index (χ1n) is 10.0. The highest BCUT2D eigenvalue weighted by molar-refractivity contribution is 7.99. The van der Waals surface area contributed by atoms with E-state index in [1.807, 2.05) is 20.8 Å². The topological polar surface area (TPSA) is 49.4 Å². The van der Waals surface area contributed by atoms with E-state index in [-0.39, 0.29) is 24.1 Å². The maximum atomic E-state index is 13.2. The van der Waals surface area contributed by atoms with Gasteiger partial charge in [-0.05, 0) is 38.0 Å². The zero-order valence-corrected chi connectivity index (χ0v) is 19.9. The van der Waals surface area contributed by atoms with E-state index < -0.39 is 6.04 Å². The van der Waals surface area contributed by atoms with Crippen molar-refractivity contribution in [2.45, 2.75) is 45.5 Å². The number of rotatable bonds is 10. The molecule has 0 bridgehead atoms. The minimum atomic E-state index is -0.579. The van der Waals surface area contributed by atoms with Gasteiger partial charge < -0.3 is 10.2 Å². The van der Waals surface area contributed by atoms with Crippen molar-refractivity contribution in [2.24, 2.45) is 0 Å². The Morgan fingerprint density at radius 3 is 2.27 bits per heavy atom. The van der Waals surface area contributed by atoms with E-state index in [9.17, 15) is 9.59 Å². The maximum Gasteiger partial charge on any atom is 0.242 e. The summed E-state index contributed by atoms with van der Waals surface area (Å²) in [6.07, 6.45) is 0.502. The minimum Gasteiger partial charge on any atom is -0.355 e. The fraction of sp³-hybridized carbons (Fsp3) is 0.391. The van der Waals surface area contributed by atoms with Gasteiger partial charge in [-0.3, -0.25) is 9.59 Å². The molecule has 0 heterocycles. The lowest BCUT2D eigenvalue weighted by molar-refractivity contribution is -0.139. The van der Waals surface area contributed by atoms with E-state index in [2.05, 4.69) is 29.6 Å². The van der Waals surface area contributed by atoms with Crippen LogP contribution >= 0.6 is 35.0 Å². The highest BCUT2D eigenvalue weighted by Gasteiger charge is 2.29. The Balaban J connectivity index is 2.17. The first-order valence-corrected chi connectivity index (χ1v) is 11.9. The SMILES string of the molecule is CCNC(=O)[C@@H](CC)N(Cc1c(Cl)cccc1Cl)C(=O)CSCc1ccc(C)cc1. The van der Waals surface area contributed by atoms with Gasteiger partial charge in [-0.2, -0.15) is 0 Å². The second-order valence-corrected chi connectivity index (χ2v) is 8.82. The molecule has 0 aliphatic rings. The van der Waals surface area contributed by atoms with Gasteiger partial charge >= 0.3 is 0 Å². The first kappa shape index (κ1) is 24.6. The number of hydrogen-bond acceptors (Lipinski definition) is 3. The third kappa shape index (κ3) is 6.93. The lowest BCUT2D eigenvalue weighted by Crippen LogP contribution is -2.49. The average Bonchev–Trinajstić information content (AvgIpc) is 2.71. The van der Waals surface area contributed by atoms with Gasteiger partial charge in [-0.25, -0.2) is 0 Å². The second-order valence-electron chi connectivity index (χ2n) is 7.02. The van der Waals surface area contributed by atoms with Crippen molar-refractivity contribution < 1.29 is 9.59 Å². The number of likely N-dealkylation sites (N-methyl/N-ethyl adjacent to an activating group) is 1. The average molecular weight is 467 g/mol. The van der Waals surface area contributed by atoms with Crippen LogP contribution in [0.15, 0.2) is 42.5 Å². The summed E-state index contributed by atoms with van der Waals surface area (Å²) in [7, 11) is 0. The maximum absolute atomic E-state index is 13.2. The number of nitrogens with one attached hydrogen (secondary N) is 1. The number of carbonyl (C=O) groups is 2. The lowest BCUT2D eigenvalue weighted by Gasteiger charge is -2.31. The summed E-state index contributed by atoms with van der Waals surface area (Å²) in [5, 5.41) is 3.80. The summed E-state index contributed by atoms with van der Waals surface area (Å²) in [5.74, 6) is 0.720. The van der Waals surface area contributed by atoms with Gasteiger partial charge in [0, 0.05) is 34.5 Å². The van der Waals surface area contributed by atoms with Gasteiger partial charge in [-0.15, -0.1) is 11.8 Å². The molecule has 2 rings (SSSR count). The summed E-state index contributed by atoms with van der Waals surface area (Å²) in [4.78, 5) is 27.4. The highest BCUT2D eigenvalue weighted by Crippen LogP contribution is 2.27. The zero-order valence-electron chi connectivity index (χ0n) is 17.6. The van der Waals surface area contributed by atoms with Crippen LogP contribution in [0.4, 0.5) is 0 Å². The Hall–Kier alpha value is -1.69. The van der Waals surface area contributed by atoms with Crippen molar-refractivity contribution in [3.05, 3.63) is 69.2 Å². The molecule has 2 amide bonds. The van der Waals surface area contributed by atoms with Crippen molar-refractivity contribution in [3.63, 3.8) is 0 Å². The van der Waals surface area contributed by atoms with Gasteiger partial charge in [0.15, 0.2) is 0 Å². The van der Waals surface area contributed by atoms with Crippen molar-refractivity contribution in [1.82, 2.24) is 10.2 Å². The number of amides is 2. The molecule has 0 aliphatic carbocycles.